The Hall–Kier alpha value is -4.08. The van der Waals surface area contributed by atoms with Crippen LogP contribution in [0.4, 0.5) is 11.4 Å². The number of nitrogens with one attached hydrogen (secondary N) is 2. The van der Waals surface area contributed by atoms with Gasteiger partial charge in [-0.25, -0.2) is 0 Å². The molecule has 3 aliphatic rings. The first-order valence-electron chi connectivity index (χ1n) is 12.9. The number of hydrogen-bond donors (Lipinski definition) is 2. The zero-order chi connectivity index (χ0) is 25.5. The molecule has 3 aromatic rings. The summed E-state index contributed by atoms with van der Waals surface area (Å²) in [6.45, 7) is 4.17. The molecule has 2 N–H and O–H groups in total. The Labute approximate surface area is 214 Å². The van der Waals surface area contributed by atoms with Crippen molar-refractivity contribution in [1.82, 2.24) is 25.5 Å². The van der Waals surface area contributed by atoms with E-state index in [0.717, 1.165) is 42.9 Å². The second-order valence-electron chi connectivity index (χ2n) is 10.4. The molecule has 2 fully saturated rings. The molecule has 1 aromatic heterocycles. The SMILES string of the molecule is C[C@@H]1CCCN(c2ccc(NC(=O)[C@H](CC3CC3)N3C(=O)c4ccccc4C3=O)c(-c3nn[nH]n3)c2)C1. The summed E-state index contributed by atoms with van der Waals surface area (Å²) >= 11 is 0. The van der Waals surface area contributed by atoms with E-state index >= 15 is 0 Å². The molecular weight excluding hydrogens is 470 g/mol. The topological polar surface area (TPSA) is 124 Å². The van der Waals surface area contributed by atoms with Crippen molar-refractivity contribution in [2.45, 2.75) is 45.1 Å². The van der Waals surface area contributed by atoms with Crippen LogP contribution in [0.25, 0.3) is 11.4 Å². The lowest BCUT2D eigenvalue weighted by molar-refractivity contribution is -0.120. The number of aromatic amines is 1. The van der Waals surface area contributed by atoms with Crippen LogP contribution in [0.5, 0.6) is 0 Å². The number of hydrogen-bond acceptors (Lipinski definition) is 7. The number of benzene rings is 2. The van der Waals surface area contributed by atoms with Crippen molar-refractivity contribution >= 4 is 29.1 Å². The Bertz CT molecular complexity index is 1320. The zero-order valence-corrected chi connectivity index (χ0v) is 20.7. The second kappa shape index (κ2) is 9.42. The van der Waals surface area contributed by atoms with Crippen LogP contribution in [-0.4, -0.2) is 62.4 Å². The molecule has 0 unspecified atom stereocenters. The zero-order valence-electron chi connectivity index (χ0n) is 20.7. The molecule has 2 atom stereocenters. The highest BCUT2D eigenvalue weighted by atomic mass is 16.2. The van der Waals surface area contributed by atoms with Crippen molar-refractivity contribution in [2.24, 2.45) is 11.8 Å². The van der Waals surface area contributed by atoms with Crippen LogP contribution in [0.1, 0.15) is 59.7 Å². The fraction of sp³-hybridized carbons (Fsp3) is 0.407. The van der Waals surface area contributed by atoms with Crippen molar-refractivity contribution in [3.8, 4) is 11.4 Å². The van der Waals surface area contributed by atoms with Gasteiger partial charge in [0.1, 0.15) is 6.04 Å². The predicted octanol–water partition coefficient (Wildman–Crippen LogP) is 3.51. The molecule has 10 nitrogen and oxygen atoms in total. The maximum atomic E-state index is 13.7. The van der Waals surface area contributed by atoms with Gasteiger partial charge in [-0.2, -0.15) is 5.21 Å². The molecule has 1 aliphatic carbocycles. The Morgan fingerprint density at radius 3 is 2.49 bits per heavy atom. The number of H-pyrrole nitrogens is 1. The summed E-state index contributed by atoms with van der Waals surface area (Å²) in [5, 5.41) is 17.5. The van der Waals surface area contributed by atoms with Gasteiger partial charge in [-0.05, 0) is 66.6 Å². The minimum atomic E-state index is -0.902. The molecule has 3 heterocycles. The Morgan fingerprint density at radius 1 is 1.08 bits per heavy atom. The van der Waals surface area contributed by atoms with Gasteiger partial charge in [0.05, 0.1) is 16.8 Å². The number of aromatic nitrogens is 4. The van der Waals surface area contributed by atoms with E-state index in [9.17, 15) is 14.4 Å². The summed E-state index contributed by atoms with van der Waals surface area (Å²) < 4.78 is 0. The molecular formula is C27H29N7O3. The summed E-state index contributed by atoms with van der Waals surface area (Å²) in [6, 6.07) is 11.6. The highest BCUT2D eigenvalue weighted by molar-refractivity contribution is 6.23. The minimum absolute atomic E-state index is 0.320. The summed E-state index contributed by atoms with van der Waals surface area (Å²) in [7, 11) is 0. The third-order valence-corrected chi connectivity index (χ3v) is 7.56. The summed E-state index contributed by atoms with van der Waals surface area (Å²) in [5.41, 5.74) is 2.85. The Kier molecular flexibility index (Phi) is 5.94. The number of tetrazole rings is 1. The molecule has 10 heteroatoms. The van der Waals surface area contributed by atoms with Crippen molar-refractivity contribution in [1.29, 1.82) is 0 Å². The van der Waals surface area contributed by atoms with E-state index in [-0.39, 0.29) is 0 Å². The number of anilines is 2. The average Bonchev–Trinajstić information content (AvgIpc) is 3.49. The van der Waals surface area contributed by atoms with E-state index < -0.39 is 23.8 Å². The van der Waals surface area contributed by atoms with Crippen LogP contribution in [-0.2, 0) is 4.79 Å². The fourth-order valence-electron chi connectivity index (χ4n) is 5.43. The van der Waals surface area contributed by atoms with E-state index in [0.29, 0.717) is 46.5 Å². The standard InChI is InChI=1S/C27H29N7O3/c1-16-5-4-12-33(15-16)18-10-11-22(21(14-18)24-29-31-32-30-24)28-25(35)23(13-17-8-9-17)34-26(36)19-6-2-3-7-20(19)27(34)37/h2-3,6-7,10-11,14,16-17,23H,4-5,8-9,12-13,15H2,1H3,(H,28,35)(H,29,30,31,32)/t16-,23+/m1/s1. The molecule has 1 saturated heterocycles. The molecule has 2 aliphatic heterocycles. The van der Waals surface area contributed by atoms with E-state index in [2.05, 4.69) is 37.8 Å². The average molecular weight is 500 g/mol. The number of carbonyl (C=O) groups is 3. The lowest BCUT2D eigenvalue weighted by Gasteiger charge is -2.33. The monoisotopic (exact) mass is 499 g/mol. The predicted molar refractivity (Wildman–Crippen MR) is 137 cm³/mol. The molecule has 3 amide bonds. The number of piperidine rings is 1. The third kappa shape index (κ3) is 4.47. The molecule has 37 heavy (non-hydrogen) atoms. The van der Waals surface area contributed by atoms with Gasteiger partial charge in [-0.3, -0.25) is 19.3 Å². The van der Waals surface area contributed by atoms with Gasteiger partial charge in [-0.15, -0.1) is 10.2 Å². The number of nitrogens with zero attached hydrogens (tertiary/aromatic N) is 5. The smallest absolute Gasteiger partial charge is 0.262 e. The third-order valence-electron chi connectivity index (χ3n) is 7.56. The van der Waals surface area contributed by atoms with Gasteiger partial charge >= 0.3 is 0 Å². The number of fused-ring (bicyclic) bond motifs is 1. The Balaban J connectivity index is 1.31. The fourth-order valence-corrected chi connectivity index (χ4v) is 5.43. The van der Waals surface area contributed by atoms with Crippen molar-refractivity contribution in [3.05, 3.63) is 53.6 Å². The molecule has 0 bridgehead atoms. The molecule has 2 aromatic carbocycles. The van der Waals surface area contributed by atoms with Crippen LogP contribution in [0.3, 0.4) is 0 Å². The van der Waals surface area contributed by atoms with Gasteiger partial charge < -0.3 is 10.2 Å². The number of amides is 3. The molecule has 190 valence electrons. The van der Waals surface area contributed by atoms with Crippen LogP contribution in [0, 0.1) is 11.8 Å². The van der Waals surface area contributed by atoms with Crippen LogP contribution in [0.15, 0.2) is 42.5 Å². The summed E-state index contributed by atoms with van der Waals surface area (Å²) in [5.74, 6) is 0.0423. The first-order chi connectivity index (χ1) is 18.0. The normalized spacial score (nSPS) is 20.2. The molecule has 1 saturated carbocycles. The first kappa shape index (κ1) is 23.3. The highest BCUT2D eigenvalue weighted by Gasteiger charge is 2.44. The van der Waals surface area contributed by atoms with Gasteiger partial charge in [0, 0.05) is 24.3 Å². The molecule has 6 rings (SSSR count). The maximum Gasteiger partial charge on any atom is 0.262 e. The van der Waals surface area contributed by atoms with E-state index in [4.69, 9.17) is 0 Å². The first-order valence-corrected chi connectivity index (χ1v) is 12.9. The van der Waals surface area contributed by atoms with Crippen LogP contribution < -0.4 is 10.2 Å². The van der Waals surface area contributed by atoms with Crippen molar-refractivity contribution in [2.75, 3.05) is 23.3 Å². The van der Waals surface area contributed by atoms with Gasteiger partial charge in [0.2, 0.25) is 11.7 Å². The minimum Gasteiger partial charge on any atom is -0.371 e. The summed E-state index contributed by atoms with van der Waals surface area (Å²) in [6.07, 6.45) is 4.76. The molecule has 0 radical (unpaired) electrons. The lowest BCUT2D eigenvalue weighted by Crippen LogP contribution is -2.47. The van der Waals surface area contributed by atoms with E-state index in [1.54, 1.807) is 24.3 Å². The quantitative estimate of drug-likeness (QED) is 0.477. The summed E-state index contributed by atoms with van der Waals surface area (Å²) in [4.78, 5) is 43.6. The number of imide groups is 1. The van der Waals surface area contributed by atoms with Crippen LogP contribution in [0.2, 0.25) is 0 Å². The number of carbonyl (C=O) groups excluding carboxylic acids is 3. The largest absolute Gasteiger partial charge is 0.371 e. The van der Waals surface area contributed by atoms with Crippen molar-refractivity contribution in [3.63, 3.8) is 0 Å². The lowest BCUT2D eigenvalue weighted by atomic mass is 9.99. The van der Waals surface area contributed by atoms with E-state index in [1.165, 1.54) is 6.42 Å². The van der Waals surface area contributed by atoms with Gasteiger partial charge in [-0.1, -0.05) is 31.9 Å². The van der Waals surface area contributed by atoms with E-state index in [1.807, 2.05) is 18.2 Å². The van der Waals surface area contributed by atoms with Gasteiger partial charge in [0.15, 0.2) is 0 Å². The second-order valence-corrected chi connectivity index (χ2v) is 10.4. The maximum absolute atomic E-state index is 13.7. The van der Waals surface area contributed by atoms with Crippen molar-refractivity contribution < 1.29 is 14.4 Å². The van der Waals surface area contributed by atoms with Gasteiger partial charge in [0.25, 0.3) is 11.8 Å². The Morgan fingerprint density at radius 2 is 1.84 bits per heavy atom. The number of rotatable bonds is 7. The highest BCUT2D eigenvalue weighted by Crippen LogP contribution is 2.38. The van der Waals surface area contributed by atoms with Crippen LogP contribution >= 0.6 is 0 Å². The molecule has 0 spiro atoms.